The maximum Gasteiger partial charge on any atom is 0.0247 e. The van der Waals surface area contributed by atoms with Crippen LogP contribution in [0, 0.1) is 0 Å². The molecule has 3 rings (SSSR count). The van der Waals surface area contributed by atoms with E-state index in [1.165, 1.54) is 50.6 Å². The van der Waals surface area contributed by atoms with Gasteiger partial charge in [0, 0.05) is 24.7 Å². The van der Waals surface area contributed by atoms with Crippen LogP contribution in [0.15, 0.2) is 16.8 Å². The van der Waals surface area contributed by atoms with E-state index in [0.29, 0.717) is 0 Å². The molecule has 2 fully saturated rings. The minimum absolute atomic E-state index is 0.767. The molecule has 3 heteroatoms. The molecule has 1 N–H and O–H groups in total. The van der Waals surface area contributed by atoms with Crippen LogP contribution in [0.1, 0.15) is 44.1 Å². The highest BCUT2D eigenvalue weighted by molar-refractivity contribution is 7.07. The lowest BCUT2D eigenvalue weighted by molar-refractivity contribution is 0.129. The first kappa shape index (κ1) is 12.6. The van der Waals surface area contributed by atoms with Crippen molar-refractivity contribution in [1.82, 2.24) is 10.2 Å². The maximum atomic E-state index is 3.44. The van der Waals surface area contributed by atoms with Crippen LogP contribution < -0.4 is 5.32 Å². The van der Waals surface area contributed by atoms with Crippen molar-refractivity contribution in [3.8, 4) is 0 Å². The molecule has 0 atom stereocenters. The predicted octanol–water partition coefficient (Wildman–Crippen LogP) is 3.24. The average molecular weight is 264 g/mol. The van der Waals surface area contributed by atoms with Gasteiger partial charge in [-0.15, -0.1) is 0 Å². The Kier molecular flexibility index (Phi) is 4.02. The normalized spacial score (nSPS) is 28.8. The van der Waals surface area contributed by atoms with Gasteiger partial charge in [0.25, 0.3) is 0 Å². The zero-order chi connectivity index (χ0) is 12.4. The number of rotatable bonds is 5. The lowest BCUT2D eigenvalue weighted by Crippen LogP contribution is -2.42. The van der Waals surface area contributed by atoms with Gasteiger partial charge in [-0.1, -0.05) is 0 Å². The van der Waals surface area contributed by atoms with E-state index in [4.69, 9.17) is 0 Å². The topological polar surface area (TPSA) is 15.3 Å². The molecule has 0 radical (unpaired) electrons. The van der Waals surface area contributed by atoms with Crippen LogP contribution in [0.4, 0.5) is 0 Å². The molecule has 2 nitrogen and oxygen atoms in total. The van der Waals surface area contributed by atoms with Crippen LogP contribution in [0.5, 0.6) is 0 Å². The second-order valence-electron chi connectivity index (χ2n) is 5.83. The van der Waals surface area contributed by atoms with Crippen molar-refractivity contribution in [2.24, 2.45) is 0 Å². The molecule has 1 aromatic rings. The minimum atomic E-state index is 0.767. The molecule has 2 aliphatic rings. The number of nitrogens with zero attached hydrogens (tertiary/aromatic N) is 1. The quantitative estimate of drug-likeness (QED) is 0.878. The van der Waals surface area contributed by atoms with Crippen molar-refractivity contribution < 1.29 is 0 Å². The molecule has 100 valence electrons. The molecule has 0 aromatic carbocycles. The zero-order valence-corrected chi connectivity index (χ0v) is 12.1. The summed E-state index contributed by atoms with van der Waals surface area (Å²) >= 11 is 1.83. The third-order valence-corrected chi connectivity index (χ3v) is 5.27. The van der Waals surface area contributed by atoms with Crippen molar-refractivity contribution in [3.63, 3.8) is 0 Å². The van der Waals surface area contributed by atoms with E-state index in [-0.39, 0.29) is 0 Å². The van der Waals surface area contributed by atoms with Gasteiger partial charge < -0.3 is 5.32 Å². The number of thiophene rings is 1. The molecule has 0 amide bonds. The fraction of sp³-hybridized carbons (Fsp3) is 0.733. The molecule has 0 saturated heterocycles. The van der Waals surface area contributed by atoms with Gasteiger partial charge in [-0.3, -0.25) is 4.90 Å². The van der Waals surface area contributed by atoms with Crippen LogP contribution in [0.3, 0.4) is 0 Å². The average Bonchev–Trinajstić information content (AvgIpc) is 3.13. The standard InChI is InChI=1S/C15H24N2S/c1-16-13-2-4-14(5-3-13)17(15-6-7-15)10-12-8-9-18-11-12/h8-9,11,13-16H,2-7,10H2,1H3. The molecule has 0 bridgehead atoms. The first-order chi connectivity index (χ1) is 8.86. The van der Waals surface area contributed by atoms with Crippen LogP contribution in [-0.4, -0.2) is 30.1 Å². The van der Waals surface area contributed by atoms with Crippen LogP contribution in [0.2, 0.25) is 0 Å². The van der Waals surface area contributed by atoms with Crippen molar-refractivity contribution in [3.05, 3.63) is 22.4 Å². The molecular formula is C15H24N2S. The van der Waals surface area contributed by atoms with Crippen LogP contribution >= 0.6 is 11.3 Å². The first-order valence-corrected chi connectivity index (χ1v) is 8.25. The minimum Gasteiger partial charge on any atom is -0.317 e. The highest BCUT2D eigenvalue weighted by Crippen LogP contribution is 2.35. The van der Waals surface area contributed by atoms with Gasteiger partial charge in [-0.2, -0.15) is 11.3 Å². The lowest BCUT2D eigenvalue weighted by atomic mass is 9.90. The SMILES string of the molecule is CNC1CCC(N(Cc2ccsc2)C2CC2)CC1. The monoisotopic (exact) mass is 264 g/mol. The smallest absolute Gasteiger partial charge is 0.0247 e. The molecule has 18 heavy (non-hydrogen) atoms. The van der Waals surface area contributed by atoms with Gasteiger partial charge in [-0.25, -0.2) is 0 Å². The Morgan fingerprint density at radius 2 is 1.83 bits per heavy atom. The molecular weight excluding hydrogens is 240 g/mol. The van der Waals surface area contributed by atoms with Crippen molar-refractivity contribution in [1.29, 1.82) is 0 Å². The highest BCUT2D eigenvalue weighted by atomic mass is 32.1. The van der Waals surface area contributed by atoms with Crippen molar-refractivity contribution in [2.75, 3.05) is 7.05 Å². The van der Waals surface area contributed by atoms with Gasteiger partial charge in [0.15, 0.2) is 0 Å². The summed E-state index contributed by atoms with van der Waals surface area (Å²) in [6.45, 7) is 1.18. The largest absolute Gasteiger partial charge is 0.317 e. The maximum absolute atomic E-state index is 3.44. The summed E-state index contributed by atoms with van der Waals surface area (Å²) < 4.78 is 0. The third-order valence-electron chi connectivity index (χ3n) is 4.54. The molecule has 1 aromatic heterocycles. The summed E-state index contributed by atoms with van der Waals surface area (Å²) in [5, 5.41) is 7.96. The summed E-state index contributed by atoms with van der Waals surface area (Å²) in [5.41, 5.74) is 1.52. The van der Waals surface area contributed by atoms with Gasteiger partial charge >= 0.3 is 0 Å². The molecule has 0 aliphatic heterocycles. The molecule has 0 unspecified atom stereocenters. The Balaban J connectivity index is 1.60. The summed E-state index contributed by atoms with van der Waals surface area (Å²) in [4.78, 5) is 2.80. The van der Waals surface area contributed by atoms with E-state index in [1.807, 2.05) is 11.3 Å². The molecule has 0 spiro atoms. The van der Waals surface area contributed by atoms with E-state index in [2.05, 4.69) is 34.1 Å². The van der Waals surface area contributed by atoms with Gasteiger partial charge in [-0.05, 0) is 68.0 Å². The molecule has 1 heterocycles. The third kappa shape index (κ3) is 2.95. The Labute approximate surface area is 114 Å². The summed E-state index contributed by atoms with van der Waals surface area (Å²) in [6, 6.07) is 4.78. The second kappa shape index (κ2) is 5.72. The Bertz CT molecular complexity index is 351. The Morgan fingerprint density at radius 3 is 2.33 bits per heavy atom. The van der Waals surface area contributed by atoms with Crippen molar-refractivity contribution in [2.45, 2.75) is 63.2 Å². The summed E-state index contributed by atoms with van der Waals surface area (Å²) in [7, 11) is 2.11. The zero-order valence-electron chi connectivity index (χ0n) is 11.3. The number of hydrogen-bond acceptors (Lipinski definition) is 3. The van der Waals surface area contributed by atoms with E-state index in [9.17, 15) is 0 Å². The van der Waals surface area contributed by atoms with E-state index < -0.39 is 0 Å². The Hall–Kier alpha value is -0.380. The van der Waals surface area contributed by atoms with E-state index >= 15 is 0 Å². The van der Waals surface area contributed by atoms with Crippen LogP contribution in [0.25, 0.3) is 0 Å². The lowest BCUT2D eigenvalue weighted by Gasteiger charge is -2.37. The Morgan fingerprint density at radius 1 is 1.17 bits per heavy atom. The van der Waals surface area contributed by atoms with Gasteiger partial charge in [0.05, 0.1) is 0 Å². The fourth-order valence-electron chi connectivity index (χ4n) is 3.25. The molecule has 2 saturated carbocycles. The van der Waals surface area contributed by atoms with Crippen LogP contribution in [-0.2, 0) is 6.54 Å². The number of nitrogens with one attached hydrogen (secondary N) is 1. The number of hydrogen-bond donors (Lipinski definition) is 1. The highest BCUT2D eigenvalue weighted by Gasteiger charge is 2.35. The van der Waals surface area contributed by atoms with Crippen molar-refractivity contribution >= 4 is 11.3 Å². The summed E-state index contributed by atoms with van der Waals surface area (Å²) in [5.74, 6) is 0. The van der Waals surface area contributed by atoms with Gasteiger partial charge in [0.1, 0.15) is 0 Å². The fourth-order valence-corrected chi connectivity index (χ4v) is 3.91. The van der Waals surface area contributed by atoms with E-state index in [0.717, 1.165) is 18.1 Å². The second-order valence-corrected chi connectivity index (χ2v) is 6.61. The molecule has 2 aliphatic carbocycles. The predicted molar refractivity (Wildman–Crippen MR) is 78.0 cm³/mol. The van der Waals surface area contributed by atoms with E-state index in [1.54, 1.807) is 0 Å². The van der Waals surface area contributed by atoms with Gasteiger partial charge in [0.2, 0.25) is 0 Å². The first-order valence-electron chi connectivity index (χ1n) is 7.31. The summed E-state index contributed by atoms with van der Waals surface area (Å²) in [6.07, 6.45) is 8.33.